The van der Waals surface area contributed by atoms with Crippen molar-refractivity contribution in [1.29, 1.82) is 0 Å². The average Bonchev–Trinajstić information content (AvgIpc) is 3.34. The third-order valence-corrected chi connectivity index (χ3v) is 6.35. The van der Waals surface area contributed by atoms with Gasteiger partial charge in [0.05, 0.1) is 0 Å². The van der Waals surface area contributed by atoms with E-state index in [2.05, 4.69) is 10.6 Å². The maximum absolute atomic E-state index is 13.8. The maximum atomic E-state index is 13.8. The first-order valence-corrected chi connectivity index (χ1v) is 12.2. The second-order valence-electron chi connectivity index (χ2n) is 9.37. The van der Waals surface area contributed by atoms with Gasteiger partial charge in [0.2, 0.25) is 23.6 Å². The minimum atomic E-state index is -1.30. The van der Waals surface area contributed by atoms with Gasteiger partial charge in [-0.05, 0) is 49.4 Å². The molecule has 1 fully saturated rings. The number of primary amides is 1. The zero-order valence-electron chi connectivity index (χ0n) is 20.5. The standard InChI is InChI=1S/C27H34N4O5/c1-27(18-20-6-3-2-4-7-20,30-24(34)14-13-23(28)33)26(36)31-17-5-8-22(31)25(35)29-16-15-19-9-11-21(32)12-10-19/h2-4,6-7,9-12,22,32H,5,8,13-18H2,1H3,(H2,28,33)(H,29,35)(H,30,34)/t22-,27+/m0/s1. The molecule has 1 heterocycles. The number of nitrogens with two attached hydrogens (primary N) is 1. The van der Waals surface area contributed by atoms with Crippen LogP contribution in [0.1, 0.15) is 43.7 Å². The molecular weight excluding hydrogens is 460 g/mol. The number of phenols is 1. The molecule has 2 aromatic rings. The molecule has 1 saturated heterocycles. The Hall–Kier alpha value is -3.88. The van der Waals surface area contributed by atoms with Gasteiger partial charge in [-0.1, -0.05) is 42.5 Å². The largest absolute Gasteiger partial charge is 0.508 e. The molecule has 0 radical (unpaired) electrons. The molecule has 1 aliphatic rings. The second-order valence-corrected chi connectivity index (χ2v) is 9.37. The summed E-state index contributed by atoms with van der Waals surface area (Å²) < 4.78 is 0. The van der Waals surface area contributed by atoms with Crippen LogP contribution in [0.15, 0.2) is 54.6 Å². The molecule has 0 aromatic heterocycles. The smallest absolute Gasteiger partial charge is 0.249 e. The number of hydrogen-bond acceptors (Lipinski definition) is 5. The predicted octanol–water partition coefficient (Wildman–Crippen LogP) is 1.43. The summed E-state index contributed by atoms with van der Waals surface area (Å²) in [5.41, 5.74) is 5.70. The van der Waals surface area contributed by atoms with E-state index in [0.29, 0.717) is 32.4 Å². The molecule has 3 rings (SSSR count). The van der Waals surface area contributed by atoms with Crippen molar-refractivity contribution in [2.45, 2.75) is 57.0 Å². The van der Waals surface area contributed by atoms with Gasteiger partial charge in [0.15, 0.2) is 0 Å². The Morgan fingerprint density at radius 2 is 1.72 bits per heavy atom. The molecule has 0 unspecified atom stereocenters. The van der Waals surface area contributed by atoms with Gasteiger partial charge in [-0.25, -0.2) is 0 Å². The lowest BCUT2D eigenvalue weighted by atomic mass is 9.90. The molecule has 0 bridgehead atoms. The summed E-state index contributed by atoms with van der Waals surface area (Å²) in [7, 11) is 0. The van der Waals surface area contributed by atoms with Crippen LogP contribution in [0.5, 0.6) is 5.75 Å². The van der Waals surface area contributed by atoms with Crippen LogP contribution in [0.4, 0.5) is 0 Å². The van der Waals surface area contributed by atoms with Crippen molar-refractivity contribution in [1.82, 2.24) is 15.5 Å². The van der Waals surface area contributed by atoms with Gasteiger partial charge >= 0.3 is 0 Å². The number of nitrogens with one attached hydrogen (secondary N) is 2. The van der Waals surface area contributed by atoms with Crippen LogP contribution in [0.2, 0.25) is 0 Å². The van der Waals surface area contributed by atoms with Gasteiger partial charge in [0.25, 0.3) is 0 Å². The average molecular weight is 495 g/mol. The Bertz CT molecular complexity index is 1070. The summed E-state index contributed by atoms with van der Waals surface area (Å²) in [5, 5.41) is 15.1. The minimum absolute atomic E-state index is 0.114. The van der Waals surface area contributed by atoms with E-state index in [-0.39, 0.29) is 36.8 Å². The number of rotatable bonds is 11. The molecule has 2 atom stereocenters. The number of benzene rings is 2. The van der Waals surface area contributed by atoms with Crippen molar-refractivity contribution in [3.63, 3.8) is 0 Å². The normalized spacial score (nSPS) is 16.7. The lowest BCUT2D eigenvalue weighted by Gasteiger charge is -2.36. The zero-order valence-corrected chi connectivity index (χ0v) is 20.5. The summed E-state index contributed by atoms with van der Waals surface area (Å²) in [6, 6.07) is 15.5. The first kappa shape index (κ1) is 26.7. The summed E-state index contributed by atoms with van der Waals surface area (Å²) in [5.74, 6) is -1.43. The Morgan fingerprint density at radius 3 is 2.39 bits per heavy atom. The van der Waals surface area contributed by atoms with E-state index in [1.54, 1.807) is 36.1 Å². The van der Waals surface area contributed by atoms with Gasteiger partial charge < -0.3 is 26.4 Å². The molecule has 192 valence electrons. The number of carbonyl (C=O) groups is 4. The Morgan fingerprint density at radius 1 is 1.03 bits per heavy atom. The van der Waals surface area contributed by atoms with Crippen molar-refractivity contribution in [2.75, 3.05) is 13.1 Å². The van der Waals surface area contributed by atoms with Gasteiger partial charge in [-0.15, -0.1) is 0 Å². The Kier molecular flexibility index (Phi) is 9.05. The summed E-state index contributed by atoms with van der Waals surface area (Å²) in [6.07, 6.45) is 1.81. The molecule has 0 aliphatic carbocycles. The molecule has 1 aliphatic heterocycles. The van der Waals surface area contributed by atoms with Crippen molar-refractivity contribution in [3.8, 4) is 5.75 Å². The highest BCUT2D eigenvalue weighted by Gasteiger charge is 2.44. The van der Waals surface area contributed by atoms with E-state index in [4.69, 9.17) is 5.73 Å². The quantitative estimate of drug-likeness (QED) is 0.374. The summed E-state index contributed by atoms with van der Waals surface area (Å²) >= 11 is 0. The summed E-state index contributed by atoms with van der Waals surface area (Å²) in [4.78, 5) is 52.1. The molecule has 2 aromatic carbocycles. The van der Waals surface area contributed by atoms with E-state index < -0.39 is 23.4 Å². The molecule has 4 amide bonds. The number of phenolic OH excluding ortho intramolecular Hbond substituents is 1. The molecule has 9 heteroatoms. The lowest BCUT2D eigenvalue weighted by Crippen LogP contribution is -2.61. The first-order chi connectivity index (χ1) is 17.2. The fourth-order valence-corrected chi connectivity index (χ4v) is 4.49. The van der Waals surface area contributed by atoms with Crippen LogP contribution in [-0.2, 0) is 32.0 Å². The van der Waals surface area contributed by atoms with Gasteiger partial charge in [-0.2, -0.15) is 0 Å². The van der Waals surface area contributed by atoms with Crippen molar-refractivity contribution < 1.29 is 24.3 Å². The van der Waals surface area contributed by atoms with Crippen molar-refractivity contribution in [2.24, 2.45) is 5.73 Å². The summed E-state index contributed by atoms with van der Waals surface area (Å²) in [6.45, 7) is 2.46. The predicted molar refractivity (Wildman–Crippen MR) is 135 cm³/mol. The molecule has 0 spiro atoms. The Labute approximate surface area is 211 Å². The van der Waals surface area contributed by atoms with Crippen LogP contribution >= 0.6 is 0 Å². The van der Waals surface area contributed by atoms with Gasteiger partial charge in [-0.3, -0.25) is 19.2 Å². The third-order valence-electron chi connectivity index (χ3n) is 6.35. The fraction of sp³-hybridized carbons (Fsp3) is 0.407. The number of amides is 4. The van der Waals surface area contributed by atoms with Crippen LogP contribution < -0.4 is 16.4 Å². The van der Waals surface area contributed by atoms with Crippen molar-refractivity contribution >= 4 is 23.6 Å². The van der Waals surface area contributed by atoms with Gasteiger partial charge in [0, 0.05) is 32.4 Å². The molecule has 0 saturated carbocycles. The first-order valence-electron chi connectivity index (χ1n) is 12.2. The lowest BCUT2D eigenvalue weighted by molar-refractivity contribution is -0.145. The van der Waals surface area contributed by atoms with E-state index in [1.807, 2.05) is 30.3 Å². The number of nitrogens with zero attached hydrogens (tertiary/aromatic N) is 1. The second kappa shape index (κ2) is 12.2. The molecular formula is C27H34N4O5. The monoisotopic (exact) mass is 494 g/mol. The maximum Gasteiger partial charge on any atom is 0.249 e. The number of carbonyl (C=O) groups excluding carboxylic acids is 4. The van der Waals surface area contributed by atoms with E-state index >= 15 is 0 Å². The zero-order chi connectivity index (χ0) is 26.1. The van der Waals surface area contributed by atoms with E-state index in [1.165, 1.54) is 0 Å². The topological polar surface area (TPSA) is 142 Å². The molecule has 5 N–H and O–H groups in total. The number of aromatic hydroxyl groups is 1. The third kappa shape index (κ3) is 7.31. The molecule has 36 heavy (non-hydrogen) atoms. The van der Waals surface area contributed by atoms with E-state index in [0.717, 1.165) is 11.1 Å². The van der Waals surface area contributed by atoms with Crippen molar-refractivity contribution in [3.05, 3.63) is 65.7 Å². The van der Waals surface area contributed by atoms with Crippen LogP contribution in [0.25, 0.3) is 0 Å². The van der Waals surface area contributed by atoms with Crippen LogP contribution in [0.3, 0.4) is 0 Å². The highest BCUT2D eigenvalue weighted by molar-refractivity contribution is 5.95. The van der Waals surface area contributed by atoms with Gasteiger partial charge in [0.1, 0.15) is 17.3 Å². The minimum Gasteiger partial charge on any atom is -0.508 e. The number of likely N-dealkylation sites (tertiary alicyclic amines) is 1. The molecule has 9 nitrogen and oxygen atoms in total. The van der Waals surface area contributed by atoms with Crippen LogP contribution in [-0.4, -0.2) is 58.3 Å². The highest BCUT2D eigenvalue weighted by atomic mass is 16.3. The number of hydrogen-bond donors (Lipinski definition) is 4. The Balaban J connectivity index is 1.69. The van der Waals surface area contributed by atoms with Crippen LogP contribution in [0, 0.1) is 0 Å². The van der Waals surface area contributed by atoms with E-state index in [9.17, 15) is 24.3 Å². The fourth-order valence-electron chi connectivity index (χ4n) is 4.49. The highest BCUT2D eigenvalue weighted by Crippen LogP contribution is 2.25. The SMILES string of the molecule is C[C@](Cc1ccccc1)(NC(=O)CCC(N)=O)C(=O)N1CCC[C@H]1C(=O)NCCc1ccc(O)cc1.